The van der Waals surface area contributed by atoms with Crippen LogP contribution >= 0.6 is 11.6 Å². The highest BCUT2D eigenvalue weighted by molar-refractivity contribution is 6.31. The fraction of sp³-hybridized carbons (Fsp3) is 0.267. The molecule has 4 aromatic heterocycles. The molecule has 6 rings (SSSR count). The average molecular weight is 642 g/mol. The van der Waals surface area contributed by atoms with Gasteiger partial charge >= 0.3 is 12.2 Å². The molecule has 2 bridgehead atoms. The van der Waals surface area contributed by atoms with Gasteiger partial charge in [-0.05, 0) is 55.3 Å². The van der Waals surface area contributed by atoms with Crippen LogP contribution in [0.2, 0.25) is 5.02 Å². The molecule has 45 heavy (non-hydrogen) atoms. The number of hydrogen-bond acceptors (Lipinski definition) is 7. The fourth-order valence-corrected chi connectivity index (χ4v) is 5.55. The Morgan fingerprint density at radius 1 is 1.07 bits per heavy atom. The van der Waals surface area contributed by atoms with Gasteiger partial charge in [0.05, 0.1) is 29.5 Å². The lowest BCUT2D eigenvalue weighted by atomic mass is 9.88. The first-order chi connectivity index (χ1) is 21.6. The summed E-state index contributed by atoms with van der Waals surface area (Å²) < 4.78 is 61.6. The molecule has 0 saturated heterocycles. The van der Waals surface area contributed by atoms with Crippen LogP contribution in [0.5, 0.6) is 0 Å². The van der Waals surface area contributed by atoms with E-state index in [1.165, 1.54) is 36.7 Å². The molecule has 1 aromatic carbocycles. The van der Waals surface area contributed by atoms with Crippen molar-refractivity contribution in [2.45, 2.75) is 45.1 Å². The van der Waals surface area contributed by atoms with E-state index >= 15 is 0 Å². The number of rotatable bonds is 5. The van der Waals surface area contributed by atoms with Crippen molar-refractivity contribution in [3.8, 4) is 28.3 Å². The molecule has 15 heteroatoms. The fourth-order valence-electron chi connectivity index (χ4n) is 5.38. The van der Waals surface area contributed by atoms with Crippen molar-refractivity contribution in [1.82, 2.24) is 29.8 Å². The molecule has 5 aromatic rings. The van der Waals surface area contributed by atoms with Gasteiger partial charge in [0.1, 0.15) is 11.5 Å². The summed E-state index contributed by atoms with van der Waals surface area (Å²) in [5.41, 5.74) is 0.543. The maximum Gasteiger partial charge on any atom is 0.340 e. The van der Waals surface area contributed by atoms with Crippen molar-refractivity contribution >= 4 is 23.2 Å². The summed E-state index contributed by atoms with van der Waals surface area (Å²) in [5.74, 6) is -1.31. The Bertz CT molecular complexity index is 1940. The minimum absolute atomic E-state index is 0.00695. The summed E-state index contributed by atoms with van der Waals surface area (Å²) >= 11 is 6.23. The standard InChI is InChI=1S/C30H24ClF4N7O3/c1-15-3-2-4-18(21-11-16(9-10-36-21)26-22(38-28(15)43)13-37-42(26)30(34)35)19-6-8-25(45-29(19)44)20-12-17(31)5-7-24(20)41-14-23(27(32)33)39-40-41/h5-15,18,27,30H,2-4H2,1H3,(H,38,43)/t15-,18-/m1/s1. The number of alkyl halides is 4. The molecule has 0 unspecified atom stereocenters. The van der Waals surface area contributed by atoms with Crippen molar-refractivity contribution in [3.05, 3.63) is 93.4 Å². The number of nitrogens with zero attached hydrogens (tertiary/aromatic N) is 6. The summed E-state index contributed by atoms with van der Waals surface area (Å²) in [5, 5.41) is 14.1. The number of aromatic nitrogens is 6. The van der Waals surface area contributed by atoms with Crippen LogP contribution < -0.4 is 10.9 Å². The molecule has 0 fully saturated rings. The molecule has 0 aliphatic carbocycles. The quantitative estimate of drug-likeness (QED) is 0.205. The van der Waals surface area contributed by atoms with Crippen molar-refractivity contribution in [2.75, 3.05) is 5.32 Å². The van der Waals surface area contributed by atoms with E-state index in [2.05, 4.69) is 25.7 Å². The molecule has 2 atom stereocenters. The number of carbonyl (C=O) groups excluding carboxylic acids is 1. The Balaban J connectivity index is 1.43. The highest BCUT2D eigenvalue weighted by Gasteiger charge is 2.27. The minimum atomic E-state index is -2.97. The molecule has 0 spiro atoms. The summed E-state index contributed by atoms with van der Waals surface area (Å²) in [7, 11) is 0. The lowest BCUT2D eigenvalue weighted by Crippen LogP contribution is -2.22. The maximum absolute atomic E-state index is 13.9. The van der Waals surface area contributed by atoms with Crippen LogP contribution in [0, 0.1) is 5.92 Å². The van der Waals surface area contributed by atoms with Gasteiger partial charge in [-0.25, -0.2) is 22.9 Å². The van der Waals surface area contributed by atoms with Crippen LogP contribution in [0.3, 0.4) is 0 Å². The monoisotopic (exact) mass is 641 g/mol. The van der Waals surface area contributed by atoms with Gasteiger partial charge in [0.25, 0.3) is 6.43 Å². The van der Waals surface area contributed by atoms with Crippen molar-refractivity contribution in [2.24, 2.45) is 5.92 Å². The van der Waals surface area contributed by atoms with E-state index in [1.54, 1.807) is 25.1 Å². The second-order valence-electron chi connectivity index (χ2n) is 10.6. The Kier molecular flexibility index (Phi) is 8.23. The Morgan fingerprint density at radius 3 is 2.62 bits per heavy atom. The topological polar surface area (TPSA) is 121 Å². The second-order valence-corrected chi connectivity index (χ2v) is 11.0. The van der Waals surface area contributed by atoms with Crippen LogP contribution in [0.4, 0.5) is 23.2 Å². The second kappa shape index (κ2) is 12.3. The van der Waals surface area contributed by atoms with Crippen molar-refractivity contribution in [1.29, 1.82) is 0 Å². The summed E-state index contributed by atoms with van der Waals surface area (Å²) in [4.78, 5) is 31.0. The highest BCUT2D eigenvalue weighted by Crippen LogP contribution is 2.37. The maximum atomic E-state index is 13.9. The number of nitrogens with one attached hydrogen (secondary N) is 1. The third-order valence-corrected chi connectivity index (χ3v) is 7.90. The molecule has 1 aliphatic heterocycles. The molecule has 0 radical (unpaired) electrons. The SMILES string of the molecule is C[C@@H]1CCC[C@H](c2ccc(-c3cc(Cl)ccc3-n3cc(C(F)F)nn3)oc2=O)c2cc(ccn2)-c2c(cnn2C(F)F)NC1=O. The number of pyridine rings is 1. The summed E-state index contributed by atoms with van der Waals surface area (Å²) in [6.45, 7) is -1.24. The predicted molar refractivity (Wildman–Crippen MR) is 155 cm³/mol. The molecular weight excluding hydrogens is 618 g/mol. The first-order valence-corrected chi connectivity index (χ1v) is 14.3. The summed E-state index contributed by atoms with van der Waals surface area (Å²) in [6.07, 6.45) is 2.25. The number of halogens is 5. The van der Waals surface area contributed by atoms with Crippen LogP contribution in [-0.4, -0.2) is 35.7 Å². The molecule has 1 N–H and O–H groups in total. The zero-order chi connectivity index (χ0) is 31.8. The third-order valence-electron chi connectivity index (χ3n) is 7.66. The van der Waals surface area contributed by atoms with Crippen LogP contribution in [-0.2, 0) is 4.79 Å². The minimum Gasteiger partial charge on any atom is -0.422 e. The zero-order valence-electron chi connectivity index (χ0n) is 23.5. The molecule has 1 aliphatic rings. The van der Waals surface area contributed by atoms with E-state index in [1.807, 2.05) is 0 Å². The number of carbonyl (C=O) groups is 1. The van der Waals surface area contributed by atoms with Gasteiger partial charge in [0.15, 0.2) is 0 Å². The lowest BCUT2D eigenvalue weighted by molar-refractivity contribution is -0.119. The van der Waals surface area contributed by atoms with E-state index in [-0.39, 0.29) is 28.6 Å². The van der Waals surface area contributed by atoms with Gasteiger partial charge in [-0.15, -0.1) is 5.10 Å². The number of anilines is 1. The Hall–Kier alpha value is -4.85. The van der Waals surface area contributed by atoms with Crippen molar-refractivity contribution in [3.63, 3.8) is 0 Å². The first-order valence-electron chi connectivity index (χ1n) is 13.9. The number of benzene rings is 1. The van der Waals surface area contributed by atoms with Crippen LogP contribution in [0.15, 0.2) is 70.3 Å². The molecule has 1 amide bonds. The molecule has 232 valence electrons. The zero-order valence-corrected chi connectivity index (χ0v) is 24.3. The van der Waals surface area contributed by atoms with E-state index in [0.29, 0.717) is 51.5 Å². The normalized spacial score (nSPS) is 17.1. The van der Waals surface area contributed by atoms with Gasteiger partial charge in [-0.3, -0.25) is 9.78 Å². The number of hydrogen-bond donors (Lipinski definition) is 1. The first kappa shape index (κ1) is 30.2. The smallest absolute Gasteiger partial charge is 0.340 e. The number of amides is 1. The van der Waals surface area contributed by atoms with Crippen LogP contribution in [0.1, 0.15) is 62.0 Å². The molecular formula is C30H24ClF4N7O3. The van der Waals surface area contributed by atoms with Crippen molar-refractivity contribution < 1.29 is 26.8 Å². The summed E-state index contributed by atoms with van der Waals surface area (Å²) in [6, 6.07) is 10.8. The van der Waals surface area contributed by atoms with E-state index in [0.717, 1.165) is 10.9 Å². The van der Waals surface area contributed by atoms with E-state index in [9.17, 15) is 27.2 Å². The van der Waals surface area contributed by atoms with E-state index < -0.39 is 36.1 Å². The third kappa shape index (κ3) is 5.97. The van der Waals surface area contributed by atoms with Gasteiger partial charge in [-0.1, -0.05) is 30.2 Å². The lowest BCUT2D eigenvalue weighted by Gasteiger charge is -2.20. The largest absolute Gasteiger partial charge is 0.422 e. The predicted octanol–water partition coefficient (Wildman–Crippen LogP) is 7.02. The average Bonchev–Trinajstić information content (AvgIpc) is 3.67. The van der Waals surface area contributed by atoms with Gasteiger partial charge in [0, 0.05) is 45.4 Å². The highest BCUT2D eigenvalue weighted by atomic mass is 35.5. The van der Waals surface area contributed by atoms with Crippen LogP contribution in [0.25, 0.3) is 28.3 Å². The Labute approximate surface area is 257 Å². The molecule has 10 nitrogen and oxygen atoms in total. The Morgan fingerprint density at radius 2 is 1.89 bits per heavy atom. The van der Waals surface area contributed by atoms with Gasteiger partial charge in [0.2, 0.25) is 5.91 Å². The molecule has 0 saturated carbocycles. The number of fused-ring (bicyclic) bond motifs is 4. The van der Waals surface area contributed by atoms with Gasteiger partial charge < -0.3 is 9.73 Å². The molecule has 5 heterocycles. The van der Waals surface area contributed by atoms with Gasteiger partial charge in [-0.2, -0.15) is 13.9 Å². The van der Waals surface area contributed by atoms with E-state index in [4.69, 9.17) is 16.0 Å².